The van der Waals surface area contributed by atoms with Crippen LogP contribution in [0.4, 0.5) is 0 Å². The van der Waals surface area contributed by atoms with Crippen molar-refractivity contribution >= 4 is 10.0 Å². The van der Waals surface area contributed by atoms with Crippen molar-refractivity contribution in [3.63, 3.8) is 0 Å². The minimum absolute atomic E-state index is 0.0282. The van der Waals surface area contributed by atoms with E-state index in [9.17, 15) is 8.42 Å². The van der Waals surface area contributed by atoms with Crippen LogP contribution in [0.5, 0.6) is 0 Å². The number of ether oxygens (including phenoxy) is 1. The Morgan fingerprint density at radius 3 is 2.53 bits per heavy atom. The van der Waals surface area contributed by atoms with E-state index in [1.165, 1.54) is 69.7 Å². The van der Waals surface area contributed by atoms with Crippen molar-refractivity contribution in [2.45, 2.75) is 96.6 Å². The van der Waals surface area contributed by atoms with Crippen LogP contribution in [0.2, 0.25) is 0 Å². The molecule has 0 radical (unpaired) electrons. The third-order valence-corrected chi connectivity index (χ3v) is 13.9. The summed E-state index contributed by atoms with van der Waals surface area (Å²) in [6.07, 6.45) is 12.9. The Labute approximate surface area is 230 Å². The highest BCUT2D eigenvalue weighted by Gasteiger charge is 2.61. The third-order valence-electron chi connectivity index (χ3n) is 12.1. The zero-order valence-electron chi connectivity index (χ0n) is 24.0. The zero-order chi connectivity index (χ0) is 27.3. The first-order valence-corrected chi connectivity index (χ1v) is 16.4. The van der Waals surface area contributed by atoms with Crippen molar-refractivity contribution in [3.05, 3.63) is 23.9 Å². The first-order valence-electron chi connectivity index (χ1n) is 15.0. The van der Waals surface area contributed by atoms with Gasteiger partial charge in [0.05, 0.1) is 5.56 Å². The molecule has 4 fully saturated rings. The molecule has 7 heteroatoms. The van der Waals surface area contributed by atoms with Crippen molar-refractivity contribution in [2.24, 2.45) is 46.3 Å². The second kappa shape index (κ2) is 10.5. The summed E-state index contributed by atoms with van der Waals surface area (Å²) in [6, 6.07) is 4.92. The van der Waals surface area contributed by atoms with Gasteiger partial charge in [-0.1, -0.05) is 13.8 Å². The number of fused-ring (bicyclic) bond motifs is 5. The predicted octanol–water partition coefficient (Wildman–Crippen LogP) is 6.27. The summed E-state index contributed by atoms with van der Waals surface area (Å²) in [6.45, 7) is 11.1. The van der Waals surface area contributed by atoms with Crippen LogP contribution in [0.15, 0.2) is 23.4 Å². The smallest absolute Gasteiger partial charge is 0.260 e. The Kier molecular flexibility index (Phi) is 7.74. The zero-order valence-corrected chi connectivity index (χ0v) is 24.8. The van der Waals surface area contributed by atoms with E-state index < -0.39 is 10.0 Å². The van der Waals surface area contributed by atoms with Gasteiger partial charge in [-0.2, -0.15) is 9.57 Å². The molecule has 4 aliphatic rings. The van der Waals surface area contributed by atoms with Crippen molar-refractivity contribution in [1.29, 1.82) is 5.26 Å². The van der Waals surface area contributed by atoms with Crippen molar-refractivity contribution in [3.8, 4) is 6.07 Å². The van der Waals surface area contributed by atoms with Crippen LogP contribution in [-0.4, -0.2) is 44.0 Å². The molecule has 210 valence electrons. The molecule has 0 amide bonds. The molecule has 0 bridgehead atoms. The molecular weight excluding hydrogens is 494 g/mol. The largest absolute Gasteiger partial charge is 0.381 e. The minimum Gasteiger partial charge on any atom is -0.381 e. The van der Waals surface area contributed by atoms with E-state index in [0.29, 0.717) is 22.8 Å². The van der Waals surface area contributed by atoms with Gasteiger partial charge in [0.25, 0.3) is 10.0 Å². The Morgan fingerprint density at radius 1 is 1.11 bits per heavy atom. The van der Waals surface area contributed by atoms with E-state index >= 15 is 0 Å². The van der Waals surface area contributed by atoms with Gasteiger partial charge >= 0.3 is 0 Å². The molecule has 4 saturated carbocycles. The highest BCUT2D eigenvalue weighted by molar-refractivity contribution is 7.89. The van der Waals surface area contributed by atoms with E-state index in [2.05, 4.69) is 32.7 Å². The van der Waals surface area contributed by atoms with Gasteiger partial charge in [-0.3, -0.25) is 0 Å². The van der Waals surface area contributed by atoms with E-state index in [4.69, 9.17) is 10.00 Å². The summed E-state index contributed by atoms with van der Waals surface area (Å²) in [5, 5.41) is 9.09. The molecule has 1 aromatic heterocycles. The minimum atomic E-state index is -3.72. The Balaban J connectivity index is 1.31. The highest BCUT2D eigenvalue weighted by atomic mass is 32.2. The molecule has 9 atom stereocenters. The average molecular weight is 542 g/mol. The van der Waals surface area contributed by atoms with Gasteiger partial charge < -0.3 is 4.74 Å². The Bertz CT molecular complexity index is 1150. The van der Waals surface area contributed by atoms with Crippen LogP contribution in [0.1, 0.15) is 91.0 Å². The van der Waals surface area contributed by atoms with Gasteiger partial charge in [-0.15, -0.1) is 0 Å². The summed E-state index contributed by atoms with van der Waals surface area (Å²) in [5.74, 6) is 4.19. The predicted molar refractivity (Wildman–Crippen MR) is 149 cm³/mol. The van der Waals surface area contributed by atoms with Crippen LogP contribution in [0, 0.1) is 57.7 Å². The molecule has 4 aliphatic carbocycles. The molecule has 3 unspecified atom stereocenters. The summed E-state index contributed by atoms with van der Waals surface area (Å²) < 4.78 is 34.3. The molecule has 5 rings (SSSR count). The number of pyridine rings is 1. The van der Waals surface area contributed by atoms with Crippen LogP contribution in [0.25, 0.3) is 0 Å². The number of aromatic nitrogens is 1. The normalized spacial score (nSPS) is 39.6. The maximum Gasteiger partial charge on any atom is 0.260 e. The van der Waals surface area contributed by atoms with Crippen LogP contribution < -0.4 is 0 Å². The lowest BCUT2D eigenvalue weighted by Crippen LogP contribution is -2.55. The quantitative estimate of drug-likeness (QED) is 0.406. The lowest BCUT2D eigenvalue weighted by molar-refractivity contribution is -0.124. The molecular formula is C31H47N3O3S. The second-order valence-corrected chi connectivity index (χ2v) is 15.4. The van der Waals surface area contributed by atoms with Gasteiger partial charge in [0, 0.05) is 32.5 Å². The highest BCUT2D eigenvalue weighted by Crippen LogP contribution is 2.68. The molecule has 0 aromatic carbocycles. The standard InChI is InChI=1S/C31H47N3O3S/c1-6-37-20-22-13-15-30(3)24(17-22)8-9-25-27-11-10-26(31(27,4)16-14-28(25)30)21(2)34(5)38(35,36)29-12-7-23(18-32)19-33-29/h7,12,19,21-22,24-28H,6,8-11,13-17,20H2,1-5H3/t21-,22+,24-,25+,26?,27?,28?,30+,31-/m1/s1. The van der Waals surface area contributed by atoms with E-state index in [-0.39, 0.29) is 16.5 Å². The fourth-order valence-electron chi connectivity index (χ4n) is 9.83. The fourth-order valence-corrected chi connectivity index (χ4v) is 11.1. The monoisotopic (exact) mass is 541 g/mol. The van der Waals surface area contributed by atoms with Gasteiger partial charge in [0.15, 0.2) is 5.03 Å². The maximum absolute atomic E-state index is 13.5. The number of nitriles is 1. The molecule has 0 N–H and O–H groups in total. The molecule has 0 aliphatic heterocycles. The van der Waals surface area contributed by atoms with Gasteiger partial charge in [0.2, 0.25) is 0 Å². The average Bonchev–Trinajstić information content (AvgIpc) is 3.28. The summed E-state index contributed by atoms with van der Waals surface area (Å²) >= 11 is 0. The lowest BCUT2D eigenvalue weighted by Gasteiger charge is -2.61. The van der Waals surface area contributed by atoms with E-state index in [1.54, 1.807) is 11.4 Å². The Hall–Kier alpha value is -1.49. The maximum atomic E-state index is 13.5. The second-order valence-electron chi connectivity index (χ2n) is 13.4. The molecule has 6 nitrogen and oxygen atoms in total. The van der Waals surface area contributed by atoms with Gasteiger partial charge in [-0.05, 0) is 130 Å². The van der Waals surface area contributed by atoms with E-state index in [1.807, 2.05) is 6.07 Å². The van der Waals surface area contributed by atoms with Crippen LogP contribution in [0.3, 0.4) is 0 Å². The van der Waals surface area contributed by atoms with Crippen molar-refractivity contribution in [2.75, 3.05) is 20.3 Å². The molecule has 38 heavy (non-hydrogen) atoms. The summed E-state index contributed by atoms with van der Waals surface area (Å²) in [5.41, 5.74) is 1.00. The van der Waals surface area contributed by atoms with Gasteiger partial charge in [0.1, 0.15) is 6.07 Å². The fraction of sp³-hybridized carbons (Fsp3) is 0.806. The first kappa shape index (κ1) is 28.1. The number of hydrogen-bond donors (Lipinski definition) is 0. The topological polar surface area (TPSA) is 83.3 Å². The van der Waals surface area contributed by atoms with Crippen molar-refractivity contribution in [1.82, 2.24) is 9.29 Å². The number of nitrogens with zero attached hydrogens (tertiary/aromatic N) is 3. The van der Waals surface area contributed by atoms with E-state index in [0.717, 1.165) is 43.3 Å². The van der Waals surface area contributed by atoms with Gasteiger partial charge in [-0.25, -0.2) is 13.4 Å². The molecule has 1 heterocycles. The molecule has 0 saturated heterocycles. The number of hydrogen-bond acceptors (Lipinski definition) is 5. The van der Waals surface area contributed by atoms with Crippen LogP contribution >= 0.6 is 0 Å². The number of rotatable bonds is 7. The molecule has 1 aromatic rings. The van der Waals surface area contributed by atoms with Crippen molar-refractivity contribution < 1.29 is 13.2 Å². The summed E-state index contributed by atoms with van der Waals surface area (Å²) in [4.78, 5) is 4.11. The SMILES string of the molecule is CCOC[C@H]1CC[C@]2(C)C3CC[C@@]4(C)C(CCC4[C@@H](C)N(C)S(=O)(=O)c4ccc(C#N)cn4)[C@@H]3CC[C@@H]2C1. The lowest BCUT2D eigenvalue weighted by atomic mass is 9.44. The number of sulfonamides is 1. The third kappa shape index (κ3) is 4.53. The first-order chi connectivity index (χ1) is 18.1. The molecule has 0 spiro atoms. The Morgan fingerprint density at radius 2 is 1.84 bits per heavy atom. The summed E-state index contributed by atoms with van der Waals surface area (Å²) in [7, 11) is -2.01. The van der Waals surface area contributed by atoms with Crippen LogP contribution in [-0.2, 0) is 14.8 Å².